The Morgan fingerprint density at radius 2 is 2.00 bits per heavy atom. The molecule has 13 heavy (non-hydrogen) atoms. The van der Waals surface area contributed by atoms with E-state index < -0.39 is 16.8 Å². The SMILES string of the molecule is COC(=O)c1cnc(S(C)=O)nc1. The zero-order valence-corrected chi connectivity index (χ0v) is 8.00. The van der Waals surface area contributed by atoms with Gasteiger partial charge in [-0.1, -0.05) is 0 Å². The Balaban J connectivity index is 2.93. The monoisotopic (exact) mass is 200 g/mol. The van der Waals surface area contributed by atoms with Crippen molar-refractivity contribution >= 4 is 16.8 Å². The van der Waals surface area contributed by atoms with Gasteiger partial charge in [0.15, 0.2) is 0 Å². The molecule has 1 aromatic heterocycles. The van der Waals surface area contributed by atoms with Crippen molar-refractivity contribution in [1.82, 2.24) is 9.97 Å². The van der Waals surface area contributed by atoms with Gasteiger partial charge in [0, 0.05) is 18.6 Å². The molecular weight excluding hydrogens is 192 g/mol. The van der Waals surface area contributed by atoms with Gasteiger partial charge >= 0.3 is 5.97 Å². The molecule has 6 heteroatoms. The number of esters is 1. The summed E-state index contributed by atoms with van der Waals surface area (Å²) < 4.78 is 15.3. The maximum atomic E-state index is 10.9. The highest BCUT2D eigenvalue weighted by Gasteiger charge is 2.07. The molecule has 0 aliphatic heterocycles. The smallest absolute Gasteiger partial charge is 0.341 e. The number of carbonyl (C=O) groups is 1. The first-order valence-electron chi connectivity index (χ1n) is 3.39. The van der Waals surface area contributed by atoms with E-state index in [0.29, 0.717) is 0 Å². The lowest BCUT2D eigenvalue weighted by atomic mass is 10.4. The molecule has 1 rings (SSSR count). The number of nitrogens with zero attached hydrogens (tertiary/aromatic N) is 2. The molecule has 0 aliphatic rings. The molecule has 1 heterocycles. The van der Waals surface area contributed by atoms with Crippen molar-refractivity contribution < 1.29 is 13.7 Å². The van der Waals surface area contributed by atoms with Crippen LogP contribution < -0.4 is 0 Å². The second-order valence-electron chi connectivity index (χ2n) is 2.20. The minimum absolute atomic E-state index is 0.202. The molecule has 1 aromatic rings. The molecular formula is C7H8N2O3S. The minimum Gasteiger partial charge on any atom is -0.465 e. The summed E-state index contributed by atoms with van der Waals surface area (Å²) in [5.74, 6) is -0.506. The standard InChI is InChI=1S/C7H8N2O3S/c1-12-6(10)5-3-8-7(9-4-5)13(2)11/h3-4H,1-2H3. The maximum Gasteiger partial charge on any atom is 0.341 e. The van der Waals surface area contributed by atoms with Gasteiger partial charge in [-0.05, 0) is 0 Å². The minimum atomic E-state index is -1.23. The van der Waals surface area contributed by atoms with Gasteiger partial charge in [0.1, 0.15) is 0 Å². The van der Waals surface area contributed by atoms with E-state index in [1.165, 1.54) is 25.8 Å². The van der Waals surface area contributed by atoms with Crippen LogP contribution in [0, 0.1) is 0 Å². The van der Waals surface area contributed by atoms with Gasteiger partial charge in [-0.15, -0.1) is 0 Å². The molecule has 0 N–H and O–H groups in total. The second-order valence-corrected chi connectivity index (χ2v) is 3.47. The lowest BCUT2D eigenvalue weighted by Gasteiger charge is -1.97. The molecule has 0 spiro atoms. The van der Waals surface area contributed by atoms with Crippen LogP contribution in [-0.2, 0) is 15.5 Å². The summed E-state index contributed by atoms with van der Waals surface area (Å²) in [6, 6.07) is 0. The third-order valence-electron chi connectivity index (χ3n) is 1.31. The van der Waals surface area contributed by atoms with Crippen LogP contribution in [0.1, 0.15) is 10.4 Å². The number of hydrogen-bond donors (Lipinski definition) is 0. The highest BCUT2D eigenvalue weighted by atomic mass is 32.2. The lowest BCUT2D eigenvalue weighted by Crippen LogP contribution is -2.05. The highest BCUT2D eigenvalue weighted by molar-refractivity contribution is 7.84. The molecule has 0 amide bonds. The van der Waals surface area contributed by atoms with Gasteiger partial charge < -0.3 is 4.74 Å². The predicted octanol–water partition coefficient (Wildman–Crippen LogP) is 0.000600. The first-order chi connectivity index (χ1) is 6.15. The molecule has 0 bridgehead atoms. The summed E-state index contributed by atoms with van der Waals surface area (Å²) in [7, 11) is 0.0453. The summed E-state index contributed by atoms with van der Waals surface area (Å²) in [5, 5.41) is 0.202. The quantitative estimate of drug-likeness (QED) is 0.496. The van der Waals surface area contributed by atoms with Crippen LogP contribution >= 0.6 is 0 Å². The van der Waals surface area contributed by atoms with E-state index in [1.807, 2.05) is 0 Å². The Labute approximate surface area is 77.6 Å². The van der Waals surface area contributed by atoms with E-state index in [1.54, 1.807) is 0 Å². The zero-order valence-electron chi connectivity index (χ0n) is 7.18. The molecule has 1 unspecified atom stereocenters. The van der Waals surface area contributed by atoms with E-state index in [9.17, 15) is 9.00 Å². The zero-order chi connectivity index (χ0) is 9.84. The van der Waals surface area contributed by atoms with Crippen LogP contribution in [0.25, 0.3) is 0 Å². The maximum absolute atomic E-state index is 10.9. The number of aromatic nitrogens is 2. The van der Waals surface area contributed by atoms with Crippen molar-refractivity contribution in [1.29, 1.82) is 0 Å². The predicted molar refractivity (Wildman–Crippen MR) is 45.7 cm³/mol. The fourth-order valence-corrected chi connectivity index (χ4v) is 1.09. The fraction of sp³-hybridized carbons (Fsp3) is 0.286. The van der Waals surface area contributed by atoms with Crippen molar-refractivity contribution in [3.8, 4) is 0 Å². The van der Waals surface area contributed by atoms with Crippen molar-refractivity contribution in [3.05, 3.63) is 18.0 Å². The van der Waals surface area contributed by atoms with Crippen LogP contribution in [0.5, 0.6) is 0 Å². The molecule has 0 radical (unpaired) electrons. The summed E-state index contributed by atoms with van der Waals surface area (Å²) in [4.78, 5) is 18.4. The number of ether oxygens (including phenoxy) is 1. The normalized spacial score (nSPS) is 12.2. The average molecular weight is 200 g/mol. The number of rotatable bonds is 2. The molecule has 1 atom stereocenters. The van der Waals surface area contributed by atoms with Crippen LogP contribution in [0.4, 0.5) is 0 Å². The van der Waals surface area contributed by atoms with Gasteiger partial charge in [-0.25, -0.2) is 14.8 Å². The van der Waals surface area contributed by atoms with Gasteiger partial charge in [-0.2, -0.15) is 0 Å². The molecule has 5 nitrogen and oxygen atoms in total. The van der Waals surface area contributed by atoms with Crippen molar-refractivity contribution in [3.63, 3.8) is 0 Å². The third-order valence-corrected chi connectivity index (χ3v) is 2.03. The van der Waals surface area contributed by atoms with Crippen LogP contribution in [-0.4, -0.2) is 33.5 Å². The molecule has 0 aromatic carbocycles. The Bertz CT molecular complexity index is 336. The van der Waals surface area contributed by atoms with Crippen LogP contribution in [0.15, 0.2) is 17.6 Å². The van der Waals surface area contributed by atoms with E-state index in [4.69, 9.17) is 0 Å². The summed E-state index contributed by atoms with van der Waals surface area (Å²) >= 11 is 0. The van der Waals surface area contributed by atoms with Gasteiger partial charge in [0.2, 0.25) is 5.16 Å². The van der Waals surface area contributed by atoms with Crippen molar-refractivity contribution in [2.75, 3.05) is 13.4 Å². The Kier molecular flexibility index (Phi) is 3.07. The average Bonchev–Trinajstić information content (AvgIpc) is 2.17. The molecule has 0 saturated heterocycles. The summed E-state index contributed by atoms with van der Waals surface area (Å²) in [6.45, 7) is 0. The third kappa shape index (κ3) is 2.32. The molecule has 0 fully saturated rings. The van der Waals surface area contributed by atoms with Gasteiger partial charge in [-0.3, -0.25) is 4.21 Å². The van der Waals surface area contributed by atoms with Crippen LogP contribution in [0.3, 0.4) is 0 Å². The van der Waals surface area contributed by atoms with Crippen molar-refractivity contribution in [2.24, 2.45) is 0 Å². The Morgan fingerprint density at radius 3 is 2.38 bits per heavy atom. The summed E-state index contributed by atoms with van der Waals surface area (Å²) in [5.41, 5.74) is 0.247. The van der Waals surface area contributed by atoms with E-state index in [0.717, 1.165) is 0 Å². The van der Waals surface area contributed by atoms with E-state index in [2.05, 4.69) is 14.7 Å². The van der Waals surface area contributed by atoms with Crippen LogP contribution in [0.2, 0.25) is 0 Å². The lowest BCUT2D eigenvalue weighted by molar-refractivity contribution is 0.0599. The van der Waals surface area contributed by atoms with Gasteiger partial charge in [0.25, 0.3) is 0 Å². The Hall–Kier alpha value is -1.30. The Morgan fingerprint density at radius 1 is 1.46 bits per heavy atom. The topological polar surface area (TPSA) is 69.2 Å². The van der Waals surface area contributed by atoms with E-state index >= 15 is 0 Å². The highest BCUT2D eigenvalue weighted by Crippen LogP contribution is 2.00. The first-order valence-corrected chi connectivity index (χ1v) is 4.94. The number of hydrogen-bond acceptors (Lipinski definition) is 5. The number of methoxy groups -OCH3 is 1. The second kappa shape index (κ2) is 4.08. The number of carbonyl (C=O) groups excluding carboxylic acids is 1. The van der Waals surface area contributed by atoms with E-state index in [-0.39, 0.29) is 10.7 Å². The largest absolute Gasteiger partial charge is 0.465 e. The van der Waals surface area contributed by atoms with Crippen molar-refractivity contribution in [2.45, 2.75) is 5.16 Å². The fourth-order valence-electron chi connectivity index (χ4n) is 0.688. The molecule has 0 aliphatic carbocycles. The molecule has 0 saturated carbocycles. The summed E-state index contributed by atoms with van der Waals surface area (Å²) in [6.07, 6.45) is 4.04. The first kappa shape index (κ1) is 9.79. The van der Waals surface area contributed by atoms with Gasteiger partial charge in [0.05, 0.1) is 23.5 Å². The molecule has 70 valence electrons.